The predicted octanol–water partition coefficient (Wildman–Crippen LogP) is 3.15. The largest absolute Gasteiger partial charge is 0.352 e. The predicted molar refractivity (Wildman–Crippen MR) is 137 cm³/mol. The standard InChI is InChI=1S/C25H32N4O6S/c1-18-13-14-22(29(32)33)15-23(18)28(36(3,34)35)17-24(30)27(16-20-9-5-4-6-10-20)19(2)25(31)26-21-11-7-8-12-21/h4-6,9-10,13-15,19,21H,7-8,11-12,16-17H2,1-3H3,(H,26,31)/t19-/m1/s1. The molecular formula is C25H32N4O6S. The van der Waals surface area contributed by atoms with Gasteiger partial charge in [0.25, 0.3) is 5.69 Å². The van der Waals surface area contributed by atoms with Crippen LogP contribution in [0.3, 0.4) is 0 Å². The van der Waals surface area contributed by atoms with Crippen molar-refractivity contribution in [1.29, 1.82) is 0 Å². The highest BCUT2D eigenvalue weighted by Gasteiger charge is 2.32. The molecule has 1 N–H and O–H groups in total. The van der Waals surface area contributed by atoms with Crippen LogP contribution < -0.4 is 9.62 Å². The molecule has 0 radical (unpaired) electrons. The highest BCUT2D eigenvalue weighted by atomic mass is 32.2. The Morgan fingerprint density at radius 2 is 1.78 bits per heavy atom. The molecule has 1 aliphatic carbocycles. The number of aryl methyl sites for hydroxylation is 1. The second kappa shape index (κ2) is 11.5. The molecule has 3 rings (SSSR count). The van der Waals surface area contributed by atoms with Gasteiger partial charge in [-0.05, 0) is 37.8 Å². The lowest BCUT2D eigenvalue weighted by Gasteiger charge is -2.32. The van der Waals surface area contributed by atoms with Crippen molar-refractivity contribution in [3.8, 4) is 0 Å². The number of carbonyl (C=O) groups excluding carboxylic acids is 2. The monoisotopic (exact) mass is 516 g/mol. The summed E-state index contributed by atoms with van der Waals surface area (Å²) in [7, 11) is -3.99. The van der Waals surface area contributed by atoms with Gasteiger partial charge in [-0.15, -0.1) is 0 Å². The molecule has 1 fully saturated rings. The second-order valence-corrected chi connectivity index (χ2v) is 11.1. The van der Waals surface area contributed by atoms with E-state index in [0.29, 0.717) is 5.56 Å². The van der Waals surface area contributed by atoms with Crippen LogP contribution in [0.1, 0.15) is 43.7 Å². The number of nitro groups is 1. The Balaban J connectivity index is 1.92. The van der Waals surface area contributed by atoms with Crippen molar-refractivity contribution in [2.24, 2.45) is 0 Å². The summed E-state index contributed by atoms with van der Waals surface area (Å²) in [5.74, 6) is -0.895. The molecule has 0 heterocycles. The van der Waals surface area contributed by atoms with Gasteiger partial charge in [0, 0.05) is 24.7 Å². The van der Waals surface area contributed by atoms with Crippen molar-refractivity contribution in [1.82, 2.24) is 10.2 Å². The van der Waals surface area contributed by atoms with Gasteiger partial charge in [-0.2, -0.15) is 0 Å². The minimum Gasteiger partial charge on any atom is -0.352 e. The molecule has 0 spiro atoms. The molecule has 1 saturated carbocycles. The molecule has 0 unspecified atom stereocenters. The van der Waals surface area contributed by atoms with E-state index >= 15 is 0 Å². The van der Waals surface area contributed by atoms with Gasteiger partial charge in [-0.1, -0.05) is 49.2 Å². The third-order valence-electron chi connectivity index (χ3n) is 6.42. The zero-order valence-corrected chi connectivity index (χ0v) is 21.5. The van der Waals surface area contributed by atoms with Gasteiger partial charge in [0.2, 0.25) is 21.8 Å². The molecule has 2 aromatic rings. The number of hydrogen-bond acceptors (Lipinski definition) is 6. The normalized spacial score (nSPS) is 14.8. The van der Waals surface area contributed by atoms with Crippen molar-refractivity contribution < 1.29 is 22.9 Å². The Hall–Kier alpha value is -3.47. The molecule has 36 heavy (non-hydrogen) atoms. The smallest absolute Gasteiger partial charge is 0.271 e. The lowest BCUT2D eigenvalue weighted by Crippen LogP contribution is -2.52. The van der Waals surface area contributed by atoms with Crippen LogP contribution in [0.15, 0.2) is 48.5 Å². The van der Waals surface area contributed by atoms with E-state index in [2.05, 4.69) is 5.32 Å². The van der Waals surface area contributed by atoms with Gasteiger partial charge in [-0.25, -0.2) is 8.42 Å². The number of sulfonamides is 1. The van der Waals surface area contributed by atoms with Crippen molar-refractivity contribution in [3.63, 3.8) is 0 Å². The molecule has 2 aromatic carbocycles. The minimum atomic E-state index is -3.99. The Morgan fingerprint density at radius 1 is 1.14 bits per heavy atom. The summed E-state index contributed by atoms with van der Waals surface area (Å²) in [5, 5.41) is 14.3. The number of rotatable bonds is 10. The summed E-state index contributed by atoms with van der Waals surface area (Å²) < 4.78 is 26.3. The molecule has 2 amide bonds. The molecule has 10 nitrogen and oxygen atoms in total. The number of hydrogen-bond donors (Lipinski definition) is 1. The molecule has 194 valence electrons. The van der Waals surface area contributed by atoms with Gasteiger partial charge in [0.15, 0.2) is 0 Å². The maximum absolute atomic E-state index is 13.6. The fourth-order valence-corrected chi connectivity index (χ4v) is 5.23. The molecule has 0 bridgehead atoms. The summed E-state index contributed by atoms with van der Waals surface area (Å²) in [4.78, 5) is 38.7. The number of amides is 2. The van der Waals surface area contributed by atoms with E-state index < -0.39 is 33.4 Å². The first kappa shape index (κ1) is 27.1. The van der Waals surface area contributed by atoms with Gasteiger partial charge in [0.1, 0.15) is 12.6 Å². The molecular weight excluding hydrogens is 484 g/mol. The van der Waals surface area contributed by atoms with Crippen LogP contribution in [0.5, 0.6) is 0 Å². The highest BCUT2D eigenvalue weighted by molar-refractivity contribution is 7.92. The zero-order chi connectivity index (χ0) is 26.5. The average Bonchev–Trinajstić information content (AvgIpc) is 3.33. The number of anilines is 1. The number of nitro benzene ring substituents is 1. The fourth-order valence-electron chi connectivity index (χ4n) is 4.33. The minimum absolute atomic E-state index is 0.0442. The second-order valence-electron chi connectivity index (χ2n) is 9.17. The Bertz CT molecular complexity index is 1210. The summed E-state index contributed by atoms with van der Waals surface area (Å²) in [6.45, 7) is 2.73. The van der Waals surface area contributed by atoms with E-state index in [-0.39, 0.29) is 29.9 Å². The van der Waals surface area contributed by atoms with Crippen LogP contribution in [-0.2, 0) is 26.2 Å². The van der Waals surface area contributed by atoms with Gasteiger partial charge < -0.3 is 10.2 Å². The SMILES string of the molecule is Cc1ccc([N+](=O)[O-])cc1N(CC(=O)N(Cc1ccccc1)[C@H](C)C(=O)NC1CCCC1)S(C)(=O)=O. The van der Waals surface area contributed by atoms with E-state index in [1.807, 2.05) is 30.3 Å². The average molecular weight is 517 g/mol. The summed E-state index contributed by atoms with van der Waals surface area (Å²) in [6.07, 6.45) is 4.80. The van der Waals surface area contributed by atoms with Crippen LogP contribution in [0, 0.1) is 17.0 Å². The third kappa shape index (κ3) is 6.81. The maximum atomic E-state index is 13.6. The van der Waals surface area contributed by atoms with E-state index in [0.717, 1.165) is 47.9 Å². The van der Waals surface area contributed by atoms with Crippen LogP contribution in [0.4, 0.5) is 11.4 Å². The number of nitrogens with one attached hydrogen (secondary N) is 1. The van der Waals surface area contributed by atoms with E-state index in [1.54, 1.807) is 13.8 Å². The number of nitrogens with zero attached hydrogens (tertiary/aromatic N) is 3. The molecule has 11 heteroatoms. The van der Waals surface area contributed by atoms with Crippen molar-refractivity contribution in [2.75, 3.05) is 17.1 Å². The third-order valence-corrected chi connectivity index (χ3v) is 7.54. The van der Waals surface area contributed by atoms with Gasteiger partial charge in [-0.3, -0.25) is 24.0 Å². The van der Waals surface area contributed by atoms with Crippen LogP contribution in [-0.4, -0.2) is 54.9 Å². The van der Waals surface area contributed by atoms with Crippen LogP contribution >= 0.6 is 0 Å². The Kier molecular flexibility index (Phi) is 8.67. The first-order valence-corrected chi connectivity index (χ1v) is 13.7. The molecule has 1 atom stereocenters. The van der Waals surface area contributed by atoms with E-state index in [4.69, 9.17) is 0 Å². The summed E-state index contributed by atoms with van der Waals surface area (Å²) in [5.41, 5.74) is 0.995. The summed E-state index contributed by atoms with van der Waals surface area (Å²) in [6, 6.07) is 12.2. The topological polar surface area (TPSA) is 130 Å². The van der Waals surface area contributed by atoms with Crippen molar-refractivity contribution >= 4 is 33.2 Å². The first-order chi connectivity index (χ1) is 17.0. The van der Waals surface area contributed by atoms with Gasteiger partial charge in [0.05, 0.1) is 16.9 Å². The van der Waals surface area contributed by atoms with Crippen molar-refractivity contribution in [2.45, 2.75) is 58.2 Å². The lowest BCUT2D eigenvalue weighted by atomic mass is 10.1. The molecule has 0 aromatic heterocycles. The Labute approximate surface area is 211 Å². The zero-order valence-electron chi connectivity index (χ0n) is 20.7. The number of non-ortho nitro benzene ring substituents is 1. The highest BCUT2D eigenvalue weighted by Crippen LogP contribution is 2.28. The van der Waals surface area contributed by atoms with E-state index in [1.165, 1.54) is 17.0 Å². The number of carbonyl (C=O) groups is 2. The van der Waals surface area contributed by atoms with E-state index in [9.17, 15) is 28.1 Å². The number of benzene rings is 2. The molecule has 0 saturated heterocycles. The first-order valence-electron chi connectivity index (χ1n) is 11.8. The fraction of sp³-hybridized carbons (Fsp3) is 0.440. The lowest BCUT2D eigenvalue weighted by molar-refractivity contribution is -0.384. The van der Waals surface area contributed by atoms with Crippen molar-refractivity contribution in [3.05, 3.63) is 69.8 Å². The van der Waals surface area contributed by atoms with Crippen LogP contribution in [0.25, 0.3) is 0 Å². The van der Waals surface area contributed by atoms with Crippen LogP contribution in [0.2, 0.25) is 0 Å². The summed E-state index contributed by atoms with van der Waals surface area (Å²) >= 11 is 0. The Morgan fingerprint density at radius 3 is 2.36 bits per heavy atom. The molecule has 1 aliphatic rings. The quantitative estimate of drug-likeness (QED) is 0.381. The maximum Gasteiger partial charge on any atom is 0.271 e. The van der Waals surface area contributed by atoms with Gasteiger partial charge >= 0.3 is 0 Å². The molecule has 0 aliphatic heterocycles.